The molecule has 1 aliphatic rings. The number of hydrogen-bond acceptors (Lipinski definition) is 5. The van der Waals surface area contributed by atoms with Crippen molar-refractivity contribution in [2.45, 2.75) is 20.3 Å². The number of anilines is 2. The molecule has 6 heteroatoms. The molecular formula is C24H30N4O2. The molecule has 1 saturated heterocycles. The highest BCUT2D eigenvalue weighted by Crippen LogP contribution is 2.28. The van der Waals surface area contributed by atoms with Crippen molar-refractivity contribution >= 4 is 17.3 Å². The molecule has 0 saturated carbocycles. The Labute approximate surface area is 179 Å². The lowest BCUT2D eigenvalue weighted by Gasteiger charge is -2.37. The summed E-state index contributed by atoms with van der Waals surface area (Å²) in [5.41, 5.74) is 4.62. The Kier molecular flexibility index (Phi) is 7.31. The molecule has 0 spiro atoms. The number of benzene rings is 2. The maximum Gasteiger partial charge on any atom is 0.241 e. The summed E-state index contributed by atoms with van der Waals surface area (Å²) in [6.07, 6.45) is 0.282. The van der Waals surface area contributed by atoms with Crippen molar-refractivity contribution in [2.24, 2.45) is 0 Å². The van der Waals surface area contributed by atoms with Crippen LogP contribution >= 0.6 is 0 Å². The van der Waals surface area contributed by atoms with Gasteiger partial charge >= 0.3 is 0 Å². The molecule has 0 aromatic heterocycles. The molecule has 0 radical (unpaired) electrons. The minimum absolute atomic E-state index is 0.00469. The van der Waals surface area contributed by atoms with Gasteiger partial charge in [-0.25, -0.2) is 0 Å². The molecule has 1 aliphatic heterocycles. The summed E-state index contributed by atoms with van der Waals surface area (Å²) in [6.45, 7) is 8.45. The van der Waals surface area contributed by atoms with E-state index < -0.39 is 0 Å². The van der Waals surface area contributed by atoms with Crippen LogP contribution in [0, 0.1) is 25.2 Å². The molecular weight excluding hydrogens is 376 g/mol. The van der Waals surface area contributed by atoms with Crippen LogP contribution in [0.1, 0.15) is 17.5 Å². The van der Waals surface area contributed by atoms with E-state index in [-0.39, 0.29) is 12.3 Å². The van der Waals surface area contributed by atoms with E-state index in [9.17, 15) is 4.79 Å². The van der Waals surface area contributed by atoms with E-state index in [1.807, 2.05) is 24.3 Å². The van der Waals surface area contributed by atoms with E-state index in [1.165, 1.54) is 16.8 Å². The number of methoxy groups -OCH3 is 1. The zero-order valence-corrected chi connectivity index (χ0v) is 18.1. The fourth-order valence-corrected chi connectivity index (χ4v) is 3.90. The summed E-state index contributed by atoms with van der Waals surface area (Å²) in [4.78, 5) is 19.4. The minimum atomic E-state index is -0.00469. The normalized spacial score (nSPS) is 14.3. The SMILES string of the molecule is COc1ccccc1N(CCC#N)C(=O)CN1CCN(c2cccc(C)c2C)CC1. The first-order chi connectivity index (χ1) is 14.5. The van der Waals surface area contributed by atoms with E-state index in [4.69, 9.17) is 10.00 Å². The highest BCUT2D eigenvalue weighted by atomic mass is 16.5. The van der Waals surface area contributed by atoms with Crippen molar-refractivity contribution in [3.63, 3.8) is 0 Å². The molecule has 3 rings (SSSR count). The lowest BCUT2D eigenvalue weighted by molar-refractivity contribution is -0.119. The lowest BCUT2D eigenvalue weighted by atomic mass is 10.1. The van der Waals surface area contributed by atoms with E-state index in [1.54, 1.807) is 12.0 Å². The van der Waals surface area contributed by atoms with Gasteiger partial charge in [-0.2, -0.15) is 5.26 Å². The van der Waals surface area contributed by atoms with Crippen LogP contribution in [0.2, 0.25) is 0 Å². The maximum atomic E-state index is 13.1. The number of piperazine rings is 1. The number of ether oxygens (including phenoxy) is 1. The van der Waals surface area contributed by atoms with Crippen LogP contribution in [0.3, 0.4) is 0 Å². The fraction of sp³-hybridized carbons (Fsp3) is 0.417. The summed E-state index contributed by atoms with van der Waals surface area (Å²) in [7, 11) is 1.60. The van der Waals surface area contributed by atoms with Gasteiger partial charge in [0, 0.05) is 38.4 Å². The quantitative estimate of drug-likeness (QED) is 0.705. The second-order valence-corrected chi connectivity index (χ2v) is 7.61. The van der Waals surface area contributed by atoms with Gasteiger partial charge in [0.25, 0.3) is 0 Å². The first kappa shape index (κ1) is 21.7. The molecule has 1 fully saturated rings. The van der Waals surface area contributed by atoms with E-state index in [2.05, 4.69) is 47.9 Å². The number of aryl methyl sites for hydroxylation is 1. The highest BCUT2D eigenvalue weighted by molar-refractivity contribution is 5.96. The molecule has 0 aliphatic carbocycles. The van der Waals surface area contributed by atoms with Crippen LogP contribution in [-0.2, 0) is 4.79 Å². The third-order valence-corrected chi connectivity index (χ3v) is 5.77. The average Bonchev–Trinajstić information content (AvgIpc) is 2.77. The molecule has 1 amide bonds. The van der Waals surface area contributed by atoms with Gasteiger partial charge in [0.2, 0.25) is 5.91 Å². The molecule has 2 aromatic carbocycles. The van der Waals surface area contributed by atoms with Crippen LogP contribution in [0.5, 0.6) is 5.75 Å². The van der Waals surface area contributed by atoms with Crippen LogP contribution < -0.4 is 14.5 Å². The largest absolute Gasteiger partial charge is 0.495 e. The Hall–Kier alpha value is -3.04. The lowest BCUT2D eigenvalue weighted by Crippen LogP contribution is -2.50. The van der Waals surface area contributed by atoms with Crippen molar-refractivity contribution in [1.29, 1.82) is 5.26 Å². The molecule has 1 heterocycles. The fourth-order valence-electron chi connectivity index (χ4n) is 3.90. The Morgan fingerprint density at radius 1 is 1.10 bits per heavy atom. The summed E-state index contributed by atoms with van der Waals surface area (Å²) >= 11 is 0. The zero-order chi connectivity index (χ0) is 21.5. The topological polar surface area (TPSA) is 59.8 Å². The van der Waals surface area contributed by atoms with E-state index in [0.717, 1.165) is 26.2 Å². The Morgan fingerprint density at radius 3 is 2.53 bits per heavy atom. The van der Waals surface area contributed by atoms with Crippen molar-refractivity contribution in [1.82, 2.24) is 4.90 Å². The Bertz CT molecular complexity index is 914. The number of carbonyl (C=O) groups is 1. The van der Waals surface area contributed by atoms with Crippen molar-refractivity contribution in [3.05, 3.63) is 53.6 Å². The van der Waals surface area contributed by atoms with Gasteiger partial charge in [0.15, 0.2) is 0 Å². The van der Waals surface area contributed by atoms with Crippen molar-refractivity contribution in [2.75, 3.05) is 56.2 Å². The Balaban J connectivity index is 1.65. The van der Waals surface area contributed by atoms with Gasteiger partial charge < -0.3 is 14.5 Å². The number of para-hydroxylation sites is 2. The predicted octanol–water partition coefficient (Wildman–Crippen LogP) is 3.38. The standard InChI is InChI=1S/C24H30N4O2/c1-19-8-6-10-21(20(19)2)27-16-14-26(15-17-27)18-24(29)28(13-7-12-25)22-9-4-5-11-23(22)30-3/h4-6,8-11H,7,13-18H2,1-3H3. The predicted molar refractivity (Wildman–Crippen MR) is 120 cm³/mol. The molecule has 0 bridgehead atoms. The molecule has 6 nitrogen and oxygen atoms in total. The van der Waals surface area contributed by atoms with Crippen molar-refractivity contribution < 1.29 is 9.53 Å². The van der Waals surface area contributed by atoms with Gasteiger partial charge in [0.1, 0.15) is 5.75 Å². The summed E-state index contributed by atoms with van der Waals surface area (Å²) in [5, 5.41) is 9.04. The number of rotatable bonds is 7. The number of hydrogen-bond donors (Lipinski definition) is 0. The van der Waals surface area contributed by atoms with Gasteiger partial charge in [0.05, 0.1) is 31.8 Å². The van der Waals surface area contributed by atoms with E-state index in [0.29, 0.717) is 24.5 Å². The van der Waals surface area contributed by atoms with Crippen LogP contribution in [-0.4, -0.2) is 57.2 Å². The minimum Gasteiger partial charge on any atom is -0.495 e. The number of nitrogens with zero attached hydrogens (tertiary/aromatic N) is 4. The third kappa shape index (κ3) is 4.92. The van der Waals surface area contributed by atoms with Crippen molar-refractivity contribution in [3.8, 4) is 11.8 Å². The number of nitriles is 1. The average molecular weight is 407 g/mol. The zero-order valence-electron chi connectivity index (χ0n) is 18.1. The second kappa shape index (κ2) is 10.1. The first-order valence-corrected chi connectivity index (χ1v) is 10.4. The molecule has 0 unspecified atom stereocenters. The summed E-state index contributed by atoms with van der Waals surface area (Å²) in [5.74, 6) is 0.637. The van der Waals surface area contributed by atoms with Crippen LogP contribution in [0.25, 0.3) is 0 Å². The molecule has 2 aromatic rings. The van der Waals surface area contributed by atoms with Gasteiger partial charge in [-0.15, -0.1) is 0 Å². The molecule has 158 valence electrons. The van der Waals surface area contributed by atoms with Crippen LogP contribution in [0.4, 0.5) is 11.4 Å². The van der Waals surface area contributed by atoms with Gasteiger partial charge in [-0.3, -0.25) is 9.69 Å². The molecule has 0 N–H and O–H groups in total. The smallest absolute Gasteiger partial charge is 0.241 e. The number of amides is 1. The first-order valence-electron chi connectivity index (χ1n) is 10.4. The third-order valence-electron chi connectivity index (χ3n) is 5.77. The van der Waals surface area contributed by atoms with Gasteiger partial charge in [-0.1, -0.05) is 24.3 Å². The second-order valence-electron chi connectivity index (χ2n) is 7.61. The summed E-state index contributed by atoms with van der Waals surface area (Å²) in [6, 6.07) is 16.0. The number of carbonyl (C=O) groups excluding carboxylic acids is 1. The molecule has 0 atom stereocenters. The Morgan fingerprint density at radius 2 is 1.83 bits per heavy atom. The van der Waals surface area contributed by atoms with E-state index >= 15 is 0 Å². The van der Waals surface area contributed by atoms with Gasteiger partial charge in [-0.05, 0) is 43.2 Å². The monoisotopic (exact) mass is 406 g/mol. The summed E-state index contributed by atoms with van der Waals surface area (Å²) < 4.78 is 5.43. The van der Waals surface area contributed by atoms with Crippen LogP contribution in [0.15, 0.2) is 42.5 Å². The molecule has 30 heavy (non-hydrogen) atoms. The maximum absolute atomic E-state index is 13.1. The highest BCUT2D eigenvalue weighted by Gasteiger charge is 2.24.